The Labute approximate surface area is 94.1 Å². The molecule has 0 amide bonds. The highest BCUT2D eigenvalue weighted by Crippen LogP contribution is 2.16. The minimum atomic E-state index is -0.847. The lowest BCUT2D eigenvalue weighted by Crippen LogP contribution is -2.33. The van der Waals surface area contributed by atoms with Crippen LogP contribution in [0.2, 0.25) is 5.02 Å². The molecule has 82 valence electrons. The molecule has 0 heterocycles. The van der Waals surface area contributed by atoms with Crippen LogP contribution >= 0.6 is 11.6 Å². The molecular formula is C11H14ClNO2. The fourth-order valence-corrected chi connectivity index (χ4v) is 1.29. The average Bonchev–Trinajstić information content (AvgIpc) is 2.19. The van der Waals surface area contributed by atoms with Gasteiger partial charge < -0.3 is 10.4 Å². The molecule has 4 heteroatoms. The van der Waals surface area contributed by atoms with Gasteiger partial charge in [-0.05, 0) is 31.0 Å². The Morgan fingerprint density at radius 2 is 2.27 bits per heavy atom. The Balaban J connectivity index is 2.58. The second-order valence-corrected chi connectivity index (χ2v) is 3.93. The molecule has 0 aliphatic carbocycles. The van der Waals surface area contributed by atoms with Gasteiger partial charge in [0.2, 0.25) is 0 Å². The van der Waals surface area contributed by atoms with Crippen LogP contribution in [0.1, 0.15) is 18.1 Å². The molecule has 1 rings (SSSR count). The van der Waals surface area contributed by atoms with Crippen molar-refractivity contribution in [1.29, 1.82) is 0 Å². The van der Waals surface area contributed by atoms with Gasteiger partial charge in [-0.25, -0.2) is 0 Å². The Bertz CT molecular complexity index is 366. The number of rotatable bonds is 4. The summed E-state index contributed by atoms with van der Waals surface area (Å²) in [5, 5.41) is 12.3. The molecule has 0 aliphatic rings. The summed E-state index contributed by atoms with van der Waals surface area (Å²) in [4.78, 5) is 10.6. The first kappa shape index (κ1) is 12.0. The number of hydrogen-bond acceptors (Lipinski definition) is 2. The van der Waals surface area contributed by atoms with Crippen molar-refractivity contribution in [2.75, 3.05) is 0 Å². The van der Waals surface area contributed by atoms with Crippen molar-refractivity contribution in [3.8, 4) is 0 Å². The molecule has 1 unspecified atom stereocenters. The summed E-state index contributed by atoms with van der Waals surface area (Å²) in [6.45, 7) is 4.07. The Kier molecular flexibility index (Phi) is 4.12. The van der Waals surface area contributed by atoms with E-state index in [-0.39, 0.29) is 0 Å². The number of nitrogens with one attached hydrogen (secondary N) is 1. The van der Waals surface area contributed by atoms with E-state index < -0.39 is 12.0 Å². The molecule has 0 radical (unpaired) electrons. The maximum Gasteiger partial charge on any atom is 0.320 e. The van der Waals surface area contributed by atoms with Crippen LogP contribution in [-0.4, -0.2) is 17.1 Å². The van der Waals surface area contributed by atoms with Gasteiger partial charge in [0.25, 0.3) is 0 Å². The third kappa shape index (κ3) is 3.53. The van der Waals surface area contributed by atoms with E-state index in [4.69, 9.17) is 16.7 Å². The van der Waals surface area contributed by atoms with E-state index in [1.54, 1.807) is 6.92 Å². The number of benzene rings is 1. The van der Waals surface area contributed by atoms with Crippen molar-refractivity contribution in [2.24, 2.45) is 0 Å². The number of carboxylic acids is 1. The van der Waals surface area contributed by atoms with Crippen LogP contribution in [0.15, 0.2) is 18.2 Å². The highest BCUT2D eigenvalue weighted by Gasteiger charge is 2.09. The van der Waals surface area contributed by atoms with Gasteiger partial charge in [0.1, 0.15) is 6.04 Å². The highest BCUT2D eigenvalue weighted by molar-refractivity contribution is 6.31. The van der Waals surface area contributed by atoms with Crippen LogP contribution in [0.4, 0.5) is 0 Å². The molecule has 0 saturated carbocycles. The molecule has 15 heavy (non-hydrogen) atoms. The Morgan fingerprint density at radius 1 is 1.60 bits per heavy atom. The van der Waals surface area contributed by atoms with E-state index in [9.17, 15) is 4.79 Å². The third-order valence-electron chi connectivity index (χ3n) is 2.21. The topological polar surface area (TPSA) is 49.3 Å². The number of carbonyl (C=O) groups is 1. The van der Waals surface area contributed by atoms with Crippen LogP contribution in [0.3, 0.4) is 0 Å². The van der Waals surface area contributed by atoms with E-state index in [2.05, 4.69) is 5.32 Å². The van der Waals surface area contributed by atoms with Gasteiger partial charge in [-0.3, -0.25) is 4.79 Å². The lowest BCUT2D eigenvalue weighted by atomic mass is 10.1. The van der Waals surface area contributed by atoms with Crippen molar-refractivity contribution < 1.29 is 9.90 Å². The summed E-state index contributed by atoms with van der Waals surface area (Å²) in [6.07, 6.45) is 0. The van der Waals surface area contributed by atoms with Gasteiger partial charge in [0.15, 0.2) is 0 Å². The second-order valence-electron chi connectivity index (χ2n) is 3.52. The summed E-state index contributed by atoms with van der Waals surface area (Å²) in [6, 6.07) is 5.11. The van der Waals surface area contributed by atoms with E-state index >= 15 is 0 Å². The quantitative estimate of drug-likeness (QED) is 0.829. The molecule has 3 nitrogen and oxygen atoms in total. The summed E-state index contributed by atoms with van der Waals surface area (Å²) < 4.78 is 0. The zero-order valence-electron chi connectivity index (χ0n) is 8.75. The largest absolute Gasteiger partial charge is 0.480 e. The molecule has 1 aromatic carbocycles. The molecule has 1 aromatic rings. The zero-order valence-corrected chi connectivity index (χ0v) is 9.51. The van der Waals surface area contributed by atoms with Crippen molar-refractivity contribution in [1.82, 2.24) is 5.32 Å². The number of hydrogen-bond donors (Lipinski definition) is 2. The maximum atomic E-state index is 10.6. The van der Waals surface area contributed by atoms with E-state index in [1.165, 1.54) is 0 Å². The number of aliphatic carboxylic acids is 1. The van der Waals surface area contributed by atoms with E-state index in [1.807, 2.05) is 25.1 Å². The molecule has 0 aliphatic heterocycles. The molecule has 0 saturated heterocycles. The van der Waals surface area contributed by atoms with Crippen LogP contribution in [0.25, 0.3) is 0 Å². The van der Waals surface area contributed by atoms with Crippen LogP contribution in [0.5, 0.6) is 0 Å². The smallest absolute Gasteiger partial charge is 0.320 e. The van der Waals surface area contributed by atoms with E-state index in [0.29, 0.717) is 6.54 Å². The molecule has 2 N–H and O–H groups in total. The lowest BCUT2D eigenvalue weighted by Gasteiger charge is -2.09. The van der Waals surface area contributed by atoms with Gasteiger partial charge in [0.05, 0.1) is 0 Å². The summed E-state index contributed by atoms with van der Waals surface area (Å²) >= 11 is 5.88. The molecule has 1 atom stereocenters. The van der Waals surface area contributed by atoms with Crippen LogP contribution in [-0.2, 0) is 11.3 Å². The van der Waals surface area contributed by atoms with Crippen LogP contribution < -0.4 is 5.32 Å². The zero-order chi connectivity index (χ0) is 11.4. The molecule has 0 aromatic heterocycles. The minimum absolute atomic E-state index is 0.533. The maximum absolute atomic E-state index is 10.6. The first-order chi connectivity index (χ1) is 7.00. The number of halogens is 1. The second kappa shape index (κ2) is 5.14. The Morgan fingerprint density at radius 3 is 2.80 bits per heavy atom. The van der Waals surface area contributed by atoms with Gasteiger partial charge in [-0.2, -0.15) is 0 Å². The SMILES string of the molecule is Cc1cc(CNC(C)C(=O)O)ccc1Cl. The monoisotopic (exact) mass is 227 g/mol. The number of aryl methyl sites for hydroxylation is 1. The summed E-state index contributed by atoms with van der Waals surface area (Å²) in [5.74, 6) is -0.847. The first-order valence-corrected chi connectivity index (χ1v) is 5.09. The first-order valence-electron chi connectivity index (χ1n) is 4.72. The third-order valence-corrected chi connectivity index (χ3v) is 2.63. The predicted octanol–water partition coefficient (Wildman–Crippen LogP) is 2.21. The van der Waals surface area contributed by atoms with Crippen molar-refractivity contribution in [3.63, 3.8) is 0 Å². The van der Waals surface area contributed by atoms with E-state index in [0.717, 1.165) is 16.1 Å². The molecule has 0 fully saturated rings. The predicted molar refractivity (Wildman–Crippen MR) is 60.1 cm³/mol. The number of carboxylic acid groups (broad SMARTS) is 1. The Hall–Kier alpha value is -1.06. The van der Waals surface area contributed by atoms with Crippen LogP contribution in [0, 0.1) is 6.92 Å². The van der Waals surface area contributed by atoms with Crippen molar-refractivity contribution in [2.45, 2.75) is 26.4 Å². The van der Waals surface area contributed by atoms with Gasteiger partial charge >= 0.3 is 5.97 Å². The minimum Gasteiger partial charge on any atom is -0.480 e. The lowest BCUT2D eigenvalue weighted by molar-refractivity contribution is -0.139. The molecule has 0 bridgehead atoms. The van der Waals surface area contributed by atoms with Gasteiger partial charge in [0, 0.05) is 11.6 Å². The fourth-order valence-electron chi connectivity index (χ4n) is 1.18. The average molecular weight is 228 g/mol. The normalized spacial score (nSPS) is 12.5. The fraction of sp³-hybridized carbons (Fsp3) is 0.364. The van der Waals surface area contributed by atoms with Gasteiger partial charge in [-0.1, -0.05) is 23.7 Å². The molecular weight excluding hydrogens is 214 g/mol. The standard InChI is InChI=1S/C11H14ClNO2/c1-7-5-9(3-4-10(7)12)6-13-8(2)11(14)15/h3-5,8,13H,6H2,1-2H3,(H,14,15). The van der Waals surface area contributed by atoms with Crippen molar-refractivity contribution >= 4 is 17.6 Å². The highest BCUT2D eigenvalue weighted by atomic mass is 35.5. The molecule has 0 spiro atoms. The van der Waals surface area contributed by atoms with Gasteiger partial charge in [-0.15, -0.1) is 0 Å². The summed E-state index contributed by atoms with van der Waals surface area (Å²) in [5.41, 5.74) is 2.03. The summed E-state index contributed by atoms with van der Waals surface area (Å²) in [7, 11) is 0. The van der Waals surface area contributed by atoms with Crippen molar-refractivity contribution in [3.05, 3.63) is 34.3 Å².